The maximum atomic E-state index is 13.0. The molecule has 1 N–H and O–H groups in total. The van der Waals surface area contributed by atoms with E-state index in [1.807, 2.05) is 0 Å². The fourth-order valence-electron chi connectivity index (χ4n) is 9.15. The van der Waals surface area contributed by atoms with Crippen molar-refractivity contribution in [2.75, 3.05) is 0 Å². The van der Waals surface area contributed by atoms with E-state index < -0.39 is 11.9 Å². The van der Waals surface area contributed by atoms with E-state index in [9.17, 15) is 9.90 Å². The van der Waals surface area contributed by atoms with Crippen LogP contribution in [0.1, 0.15) is 98.8 Å². The molecule has 0 amide bonds. The van der Waals surface area contributed by atoms with Crippen LogP contribution in [0.5, 0.6) is 0 Å². The van der Waals surface area contributed by atoms with Crippen molar-refractivity contribution in [3.05, 3.63) is 0 Å². The van der Waals surface area contributed by atoms with E-state index in [0.717, 1.165) is 30.6 Å². The van der Waals surface area contributed by atoms with Gasteiger partial charge in [0.1, 0.15) is 0 Å². The molecule has 0 aromatic heterocycles. The zero-order chi connectivity index (χ0) is 22.2. The average Bonchev–Trinajstić information content (AvgIpc) is 3.34. The summed E-state index contributed by atoms with van der Waals surface area (Å²) in [6.45, 7) is 12.0. The monoisotopic (exact) mass is 432 g/mol. The van der Waals surface area contributed by atoms with Crippen LogP contribution < -0.4 is 0 Å². The molecule has 4 heteroatoms. The molecule has 1 spiro atoms. The highest BCUT2D eigenvalue weighted by atomic mass is 16.8. The van der Waals surface area contributed by atoms with Gasteiger partial charge in [-0.25, -0.2) is 0 Å². The van der Waals surface area contributed by atoms with E-state index in [4.69, 9.17) is 9.47 Å². The van der Waals surface area contributed by atoms with Gasteiger partial charge in [-0.1, -0.05) is 53.9 Å². The Morgan fingerprint density at radius 1 is 1.03 bits per heavy atom. The predicted molar refractivity (Wildman–Crippen MR) is 120 cm³/mol. The summed E-state index contributed by atoms with van der Waals surface area (Å²) in [5, 5.41) is 10.4. The Morgan fingerprint density at radius 2 is 1.81 bits per heavy atom. The van der Waals surface area contributed by atoms with Gasteiger partial charge in [0.15, 0.2) is 6.10 Å². The smallest absolute Gasteiger partial charge is 0.308 e. The van der Waals surface area contributed by atoms with Crippen molar-refractivity contribution >= 4 is 5.97 Å². The summed E-state index contributed by atoms with van der Waals surface area (Å²) in [5.74, 6) is 2.89. The molecule has 5 aliphatic rings. The third-order valence-electron chi connectivity index (χ3n) is 10.8. The molecule has 0 aromatic carbocycles. The second-order valence-corrected chi connectivity index (χ2v) is 12.8. The van der Waals surface area contributed by atoms with E-state index in [0.29, 0.717) is 29.6 Å². The lowest BCUT2D eigenvalue weighted by Crippen LogP contribution is -2.54. The summed E-state index contributed by atoms with van der Waals surface area (Å²) >= 11 is 0. The Morgan fingerprint density at radius 3 is 2.55 bits per heavy atom. The lowest BCUT2D eigenvalue weighted by Gasteiger charge is -2.54. The molecule has 2 heterocycles. The number of aliphatic hydroxyl groups is 1. The van der Waals surface area contributed by atoms with Crippen LogP contribution in [0.15, 0.2) is 0 Å². The number of esters is 1. The van der Waals surface area contributed by atoms with Crippen molar-refractivity contribution in [2.24, 2.45) is 46.3 Å². The van der Waals surface area contributed by atoms with Crippen LogP contribution in [0, 0.1) is 46.3 Å². The van der Waals surface area contributed by atoms with Crippen LogP contribution in [0.4, 0.5) is 0 Å². The molecule has 5 rings (SSSR count). The highest BCUT2D eigenvalue weighted by molar-refractivity contribution is 5.71. The number of ether oxygens (including phenoxy) is 2. The first-order valence-electron chi connectivity index (χ1n) is 13.2. The van der Waals surface area contributed by atoms with Crippen LogP contribution in [0.2, 0.25) is 0 Å². The standard InChI is InChI=1S/C27H44O4/c1-16(2)7-6-8-17(3)19-9-10-20-18-15-23(29)30-27-24(31-27)22(28)12-14-26(27,5)21(18)11-13-25(19,20)4/h16-22,24,28H,6-15H2,1-5H3/t17-,18+,19-,20+,21+,22+,24-,25-,26-,27-/m1/s1. The van der Waals surface area contributed by atoms with Gasteiger partial charge < -0.3 is 14.6 Å². The molecule has 0 bridgehead atoms. The molecule has 0 aromatic rings. The summed E-state index contributed by atoms with van der Waals surface area (Å²) in [6, 6.07) is 0. The number of epoxide rings is 1. The van der Waals surface area contributed by atoms with Crippen molar-refractivity contribution in [3.63, 3.8) is 0 Å². The predicted octanol–water partition coefficient (Wildman–Crippen LogP) is 5.71. The van der Waals surface area contributed by atoms with E-state index in [1.165, 1.54) is 44.9 Å². The van der Waals surface area contributed by atoms with Crippen molar-refractivity contribution in [3.8, 4) is 0 Å². The van der Waals surface area contributed by atoms with Gasteiger partial charge in [0.2, 0.25) is 5.79 Å². The van der Waals surface area contributed by atoms with Crippen LogP contribution in [0.25, 0.3) is 0 Å². The molecule has 176 valence electrons. The molecule has 2 aliphatic heterocycles. The molecule has 4 nitrogen and oxygen atoms in total. The number of hydrogen-bond acceptors (Lipinski definition) is 4. The summed E-state index contributed by atoms with van der Waals surface area (Å²) in [6.07, 6.45) is 10.5. The molecular weight excluding hydrogens is 388 g/mol. The minimum absolute atomic E-state index is 0.0898. The molecule has 10 atom stereocenters. The van der Waals surface area contributed by atoms with Gasteiger partial charge >= 0.3 is 5.97 Å². The fourth-order valence-corrected chi connectivity index (χ4v) is 9.15. The Balaban J connectivity index is 1.38. The number of aliphatic hydroxyl groups excluding tert-OH is 1. The van der Waals surface area contributed by atoms with Crippen LogP contribution in [0.3, 0.4) is 0 Å². The van der Waals surface area contributed by atoms with Gasteiger partial charge in [-0.05, 0) is 79.4 Å². The largest absolute Gasteiger partial charge is 0.429 e. The molecule has 31 heavy (non-hydrogen) atoms. The first-order chi connectivity index (χ1) is 14.6. The number of fused-ring (bicyclic) bond motifs is 4. The number of carbonyl (C=O) groups is 1. The third-order valence-corrected chi connectivity index (χ3v) is 10.8. The Kier molecular flexibility index (Phi) is 5.33. The Bertz CT molecular complexity index is 720. The first-order valence-corrected chi connectivity index (χ1v) is 13.2. The summed E-state index contributed by atoms with van der Waals surface area (Å²) in [5.41, 5.74) is 0.195. The second kappa shape index (κ2) is 7.45. The molecular formula is C27H44O4. The van der Waals surface area contributed by atoms with Crippen LogP contribution in [-0.2, 0) is 14.3 Å². The minimum Gasteiger partial charge on any atom is -0.429 e. The molecule has 0 radical (unpaired) electrons. The van der Waals surface area contributed by atoms with E-state index in [-0.39, 0.29) is 17.5 Å². The zero-order valence-electron chi connectivity index (χ0n) is 20.4. The first kappa shape index (κ1) is 22.2. The molecule has 3 aliphatic carbocycles. The summed E-state index contributed by atoms with van der Waals surface area (Å²) in [4.78, 5) is 13.0. The van der Waals surface area contributed by atoms with Gasteiger partial charge in [0.05, 0.1) is 6.10 Å². The number of hydrogen-bond donors (Lipinski definition) is 1. The lowest BCUT2D eigenvalue weighted by molar-refractivity contribution is -0.181. The van der Waals surface area contributed by atoms with Crippen molar-refractivity contribution in [1.29, 1.82) is 0 Å². The molecule has 0 unspecified atom stereocenters. The SMILES string of the molecule is CC(C)CCC[C@@H](C)[C@H]1CC[C@H]2[C@@H]3CC(=O)O[C@@]45O[C@@H]4[C@@H](O)CC[C@]5(C)[C@H]3CC[C@]12C. The van der Waals surface area contributed by atoms with Crippen LogP contribution >= 0.6 is 0 Å². The Hall–Kier alpha value is -0.610. The number of rotatable bonds is 5. The second-order valence-electron chi connectivity index (χ2n) is 12.8. The lowest BCUT2D eigenvalue weighted by atomic mass is 9.49. The maximum absolute atomic E-state index is 13.0. The molecule has 3 saturated carbocycles. The van der Waals surface area contributed by atoms with Gasteiger partial charge in [-0.2, -0.15) is 0 Å². The van der Waals surface area contributed by atoms with Crippen molar-refractivity contribution < 1.29 is 19.4 Å². The van der Waals surface area contributed by atoms with Crippen molar-refractivity contribution in [2.45, 2.75) is 117 Å². The van der Waals surface area contributed by atoms with Gasteiger partial charge in [0.25, 0.3) is 0 Å². The van der Waals surface area contributed by atoms with Crippen LogP contribution in [-0.4, -0.2) is 29.1 Å². The summed E-state index contributed by atoms with van der Waals surface area (Å²) < 4.78 is 12.1. The quantitative estimate of drug-likeness (QED) is 0.446. The zero-order valence-corrected chi connectivity index (χ0v) is 20.4. The van der Waals surface area contributed by atoms with Gasteiger partial charge in [0, 0.05) is 11.8 Å². The third kappa shape index (κ3) is 3.17. The highest BCUT2D eigenvalue weighted by Crippen LogP contribution is 2.71. The normalized spacial score (nSPS) is 51.8. The maximum Gasteiger partial charge on any atom is 0.308 e. The highest BCUT2D eigenvalue weighted by Gasteiger charge is 2.79. The summed E-state index contributed by atoms with van der Waals surface area (Å²) in [7, 11) is 0. The molecule has 5 fully saturated rings. The van der Waals surface area contributed by atoms with E-state index in [1.54, 1.807) is 0 Å². The fraction of sp³-hybridized carbons (Fsp3) is 0.963. The van der Waals surface area contributed by atoms with E-state index >= 15 is 0 Å². The van der Waals surface area contributed by atoms with Gasteiger partial charge in [-0.3, -0.25) is 4.79 Å². The topological polar surface area (TPSA) is 59.1 Å². The minimum atomic E-state index is -0.850. The van der Waals surface area contributed by atoms with Crippen molar-refractivity contribution in [1.82, 2.24) is 0 Å². The number of carbonyl (C=O) groups excluding carboxylic acids is 1. The van der Waals surface area contributed by atoms with E-state index in [2.05, 4.69) is 34.6 Å². The van der Waals surface area contributed by atoms with Gasteiger partial charge in [-0.15, -0.1) is 0 Å². The average molecular weight is 433 g/mol. The Labute approximate surface area is 188 Å². The molecule has 2 saturated heterocycles.